The number of hydrogen-bond acceptors (Lipinski definition) is 3. The summed E-state index contributed by atoms with van der Waals surface area (Å²) in [7, 11) is 0. The van der Waals surface area contributed by atoms with Crippen molar-refractivity contribution >= 4 is 11.9 Å². The number of rotatable bonds is 5. The van der Waals surface area contributed by atoms with Gasteiger partial charge in [-0.15, -0.1) is 0 Å². The minimum Gasteiger partial charge on any atom is -0.479 e. The molecular formula is C9H14O5. The molecule has 5 heteroatoms. The van der Waals surface area contributed by atoms with Crippen molar-refractivity contribution in [3.05, 3.63) is 12.2 Å². The van der Waals surface area contributed by atoms with E-state index in [-0.39, 0.29) is 5.92 Å². The van der Waals surface area contributed by atoms with Gasteiger partial charge in [-0.25, -0.2) is 9.59 Å². The summed E-state index contributed by atoms with van der Waals surface area (Å²) in [6.07, 6.45) is 0.480. The summed E-state index contributed by atoms with van der Waals surface area (Å²) in [5.41, 5.74) is 0. The Labute approximate surface area is 81.7 Å². The van der Waals surface area contributed by atoms with E-state index in [0.717, 1.165) is 6.08 Å². The molecule has 2 atom stereocenters. The first-order chi connectivity index (χ1) is 6.36. The molecule has 0 unspecified atom stereocenters. The van der Waals surface area contributed by atoms with Crippen molar-refractivity contribution in [2.45, 2.75) is 20.0 Å². The number of carbonyl (C=O) groups is 2. The van der Waals surface area contributed by atoms with Crippen LogP contribution in [0.5, 0.6) is 0 Å². The van der Waals surface area contributed by atoms with Gasteiger partial charge in [0.15, 0.2) is 6.10 Å². The second-order valence-corrected chi connectivity index (χ2v) is 3.30. The molecule has 0 amide bonds. The lowest BCUT2D eigenvalue weighted by molar-refractivity contribution is -0.149. The maximum absolute atomic E-state index is 10.5. The van der Waals surface area contributed by atoms with Crippen LogP contribution in [0.25, 0.3) is 0 Å². The molecule has 0 saturated heterocycles. The Morgan fingerprint density at radius 3 is 2.00 bits per heavy atom. The minimum atomic E-state index is -1.56. The molecule has 5 nitrogen and oxygen atoms in total. The first-order valence-electron chi connectivity index (χ1n) is 4.18. The first kappa shape index (κ1) is 12.6. The van der Waals surface area contributed by atoms with Crippen LogP contribution in [0.15, 0.2) is 12.2 Å². The molecular weight excluding hydrogens is 188 g/mol. The van der Waals surface area contributed by atoms with Gasteiger partial charge in [-0.05, 0) is 5.92 Å². The average molecular weight is 202 g/mol. The van der Waals surface area contributed by atoms with Crippen LogP contribution in [0.1, 0.15) is 13.8 Å². The Balaban J connectivity index is 4.60. The Bertz CT molecular complexity index is 244. The van der Waals surface area contributed by atoms with E-state index in [1.54, 1.807) is 13.8 Å². The van der Waals surface area contributed by atoms with Crippen molar-refractivity contribution in [3.63, 3.8) is 0 Å². The molecule has 0 aliphatic heterocycles. The van der Waals surface area contributed by atoms with Gasteiger partial charge in [0.05, 0.1) is 0 Å². The van der Waals surface area contributed by atoms with Crippen molar-refractivity contribution in [1.29, 1.82) is 0 Å². The van der Waals surface area contributed by atoms with Crippen LogP contribution in [0, 0.1) is 11.8 Å². The highest BCUT2D eigenvalue weighted by Gasteiger charge is 2.26. The molecule has 0 heterocycles. The summed E-state index contributed by atoms with van der Waals surface area (Å²) in [5, 5.41) is 26.1. The molecule has 3 N–H and O–H groups in total. The van der Waals surface area contributed by atoms with E-state index in [2.05, 4.69) is 0 Å². The van der Waals surface area contributed by atoms with E-state index in [4.69, 9.17) is 10.2 Å². The molecule has 0 aromatic heterocycles. The smallest absolute Gasteiger partial charge is 0.333 e. The van der Waals surface area contributed by atoms with Crippen molar-refractivity contribution in [2.24, 2.45) is 11.8 Å². The van der Waals surface area contributed by atoms with E-state index in [1.165, 1.54) is 6.08 Å². The molecule has 0 aromatic carbocycles. The van der Waals surface area contributed by atoms with Crippen LogP contribution in [0.2, 0.25) is 0 Å². The molecule has 0 aliphatic carbocycles. The third-order valence-electron chi connectivity index (χ3n) is 1.85. The van der Waals surface area contributed by atoms with Gasteiger partial charge in [0, 0.05) is 12.0 Å². The van der Waals surface area contributed by atoms with Gasteiger partial charge in [0.2, 0.25) is 0 Å². The Morgan fingerprint density at radius 2 is 1.71 bits per heavy atom. The molecule has 0 aromatic rings. The van der Waals surface area contributed by atoms with Gasteiger partial charge in [-0.3, -0.25) is 0 Å². The number of aliphatic hydroxyl groups is 1. The predicted molar refractivity (Wildman–Crippen MR) is 48.7 cm³/mol. The van der Waals surface area contributed by atoms with Gasteiger partial charge >= 0.3 is 11.9 Å². The molecule has 0 spiro atoms. The highest BCUT2D eigenvalue weighted by Crippen LogP contribution is 2.17. The molecule has 0 bridgehead atoms. The summed E-state index contributed by atoms with van der Waals surface area (Å²) in [4.78, 5) is 20.7. The number of aliphatic carboxylic acids is 2. The van der Waals surface area contributed by atoms with E-state index in [9.17, 15) is 14.7 Å². The van der Waals surface area contributed by atoms with Crippen molar-refractivity contribution < 1.29 is 24.9 Å². The van der Waals surface area contributed by atoms with Crippen molar-refractivity contribution in [3.8, 4) is 0 Å². The van der Waals surface area contributed by atoms with Gasteiger partial charge in [0.1, 0.15) is 0 Å². The summed E-state index contributed by atoms with van der Waals surface area (Å²) < 4.78 is 0. The van der Waals surface area contributed by atoms with Crippen LogP contribution in [-0.2, 0) is 9.59 Å². The topological polar surface area (TPSA) is 94.8 Å². The lowest BCUT2D eigenvalue weighted by Gasteiger charge is -2.19. The van der Waals surface area contributed by atoms with Crippen LogP contribution < -0.4 is 0 Å². The zero-order valence-electron chi connectivity index (χ0n) is 8.04. The molecule has 0 rings (SSSR count). The number of hydrogen-bond donors (Lipinski definition) is 3. The van der Waals surface area contributed by atoms with Gasteiger partial charge < -0.3 is 15.3 Å². The SMILES string of the molecule is CC(C)[C@H](C=CC(=O)O)[C@@H](O)C(=O)O. The molecule has 0 radical (unpaired) electrons. The van der Waals surface area contributed by atoms with Gasteiger partial charge in [0.25, 0.3) is 0 Å². The molecule has 80 valence electrons. The van der Waals surface area contributed by atoms with E-state index in [1.807, 2.05) is 0 Å². The zero-order valence-corrected chi connectivity index (χ0v) is 8.04. The lowest BCUT2D eigenvalue weighted by Crippen LogP contribution is -2.31. The maximum Gasteiger partial charge on any atom is 0.333 e. The predicted octanol–water partition coefficient (Wildman–Crippen LogP) is 0.345. The second kappa shape index (κ2) is 5.39. The largest absolute Gasteiger partial charge is 0.479 e. The molecule has 0 saturated carbocycles. The summed E-state index contributed by atoms with van der Waals surface area (Å²) in [6, 6.07) is 0. The Kier molecular flexibility index (Phi) is 4.86. The number of carboxylic acids is 2. The number of carboxylic acid groups (broad SMARTS) is 2. The van der Waals surface area contributed by atoms with Gasteiger partial charge in [-0.2, -0.15) is 0 Å². The maximum atomic E-state index is 10.5. The summed E-state index contributed by atoms with van der Waals surface area (Å²) >= 11 is 0. The monoisotopic (exact) mass is 202 g/mol. The molecule has 14 heavy (non-hydrogen) atoms. The van der Waals surface area contributed by atoms with E-state index < -0.39 is 24.0 Å². The Morgan fingerprint density at radius 1 is 1.21 bits per heavy atom. The highest BCUT2D eigenvalue weighted by atomic mass is 16.4. The number of aliphatic hydroxyl groups excluding tert-OH is 1. The average Bonchev–Trinajstić information content (AvgIpc) is 2.02. The third kappa shape index (κ3) is 4.04. The zero-order chi connectivity index (χ0) is 11.3. The van der Waals surface area contributed by atoms with Gasteiger partial charge in [-0.1, -0.05) is 19.9 Å². The fourth-order valence-corrected chi connectivity index (χ4v) is 1.05. The van der Waals surface area contributed by atoms with E-state index >= 15 is 0 Å². The third-order valence-corrected chi connectivity index (χ3v) is 1.85. The Hall–Kier alpha value is -1.36. The highest BCUT2D eigenvalue weighted by molar-refractivity contribution is 5.80. The second-order valence-electron chi connectivity index (χ2n) is 3.30. The van der Waals surface area contributed by atoms with E-state index in [0.29, 0.717) is 0 Å². The first-order valence-corrected chi connectivity index (χ1v) is 4.18. The molecule has 0 fully saturated rings. The van der Waals surface area contributed by atoms with Crippen LogP contribution in [-0.4, -0.2) is 33.4 Å². The quantitative estimate of drug-likeness (QED) is 0.559. The van der Waals surface area contributed by atoms with Crippen LogP contribution >= 0.6 is 0 Å². The van der Waals surface area contributed by atoms with Crippen LogP contribution in [0.4, 0.5) is 0 Å². The van der Waals surface area contributed by atoms with Crippen molar-refractivity contribution in [1.82, 2.24) is 0 Å². The fourth-order valence-electron chi connectivity index (χ4n) is 1.05. The fraction of sp³-hybridized carbons (Fsp3) is 0.556. The summed E-state index contributed by atoms with van der Waals surface area (Å²) in [5.74, 6) is -3.34. The molecule has 0 aliphatic rings. The lowest BCUT2D eigenvalue weighted by atomic mass is 9.90. The minimum absolute atomic E-state index is 0.142. The van der Waals surface area contributed by atoms with Crippen molar-refractivity contribution in [2.75, 3.05) is 0 Å². The normalized spacial score (nSPS) is 15.7. The van der Waals surface area contributed by atoms with Crippen LogP contribution in [0.3, 0.4) is 0 Å². The summed E-state index contributed by atoms with van der Waals surface area (Å²) in [6.45, 7) is 3.42. The standard InChI is InChI=1S/C9H14O5/c1-5(2)6(3-4-7(10)11)8(12)9(13)14/h3-6,8,12H,1-2H3,(H,10,11)(H,13,14)/t6-,8+/m0/s1.